The largest absolute Gasteiger partial charge is 0.465 e. The quantitative estimate of drug-likeness (QED) is 0.166. The molecule has 0 bridgehead atoms. The first kappa shape index (κ1) is 26.0. The van der Waals surface area contributed by atoms with Crippen LogP contribution in [-0.2, 0) is 20.6 Å². The molecule has 0 spiro atoms. The van der Waals surface area contributed by atoms with Crippen LogP contribution in [0.1, 0.15) is 98.5 Å². The van der Waals surface area contributed by atoms with Crippen molar-refractivity contribution < 1.29 is 19.0 Å². The molecule has 0 N–H and O–H groups in total. The summed E-state index contributed by atoms with van der Waals surface area (Å²) in [6, 6.07) is 3.93. The van der Waals surface area contributed by atoms with Crippen LogP contribution in [0.4, 0.5) is 0 Å². The van der Waals surface area contributed by atoms with Crippen LogP contribution in [0.25, 0.3) is 0 Å². The molecule has 0 aromatic carbocycles. The topological polar surface area (TPSA) is 44.8 Å². The van der Waals surface area contributed by atoms with E-state index >= 15 is 0 Å². The summed E-state index contributed by atoms with van der Waals surface area (Å²) in [6.07, 6.45) is 15.4. The van der Waals surface area contributed by atoms with Gasteiger partial charge in [0.15, 0.2) is 6.29 Å². The summed E-state index contributed by atoms with van der Waals surface area (Å²) in [7, 11) is 1.43. The van der Waals surface area contributed by atoms with Gasteiger partial charge in [-0.25, -0.2) is 4.79 Å². The molecule has 5 unspecified atom stereocenters. The van der Waals surface area contributed by atoms with E-state index in [4.69, 9.17) is 25.8 Å². The monoisotopic (exact) mass is 484 g/mol. The fourth-order valence-electron chi connectivity index (χ4n) is 5.30. The Bertz CT molecular complexity index is 673. The summed E-state index contributed by atoms with van der Waals surface area (Å²) in [5, 5.41) is 0.179. The summed E-state index contributed by atoms with van der Waals surface area (Å²) in [6.45, 7) is 3.09. The van der Waals surface area contributed by atoms with E-state index in [2.05, 4.69) is 13.0 Å². The molecule has 1 aromatic rings. The molecule has 1 saturated heterocycles. The van der Waals surface area contributed by atoms with E-state index in [0.717, 1.165) is 45.1 Å². The van der Waals surface area contributed by atoms with Crippen molar-refractivity contribution in [3.63, 3.8) is 0 Å². The van der Waals surface area contributed by atoms with Crippen molar-refractivity contribution in [2.45, 2.75) is 108 Å². The number of rotatable bonds is 13. The molecular weight excluding hydrogens is 444 g/mol. The second-order valence-corrected chi connectivity index (χ2v) is 11.1. The Morgan fingerprint density at radius 1 is 1.12 bits per heavy atom. The summed E-state index contributed by atoms with van der Waals surface area (Å²) < 4.78 is 17.2. The first-order chi connectivity index (χ1) is 15.6. The molecule has 1 aliphatic carbocycles. The van der Waals surface area contributed by atoms with Gasteiger partial charge in [0.25, 0.3) is 0 Å². The number of unbranched alkanes of at least 4 members (excludes halogenated alkanes) is 4. The third-order valence-electron chi connectivity index (χ3n) is 7.06. The Hall–Kier alpha value is -0.620. The number of alkyl halides is 1. The lowest BCUT2D eigenvalue weighted by Gasteiger charge is -2.30. The number of thiophene rings is 1. The molecule has 4 nitrogen and oxygen atoms in total. The number of hydrogen-bond acceptors (Lipinski definition) is 5. The van der Waals surface area contributed by atoms with Gasteiger partial charge in [-0.1, -0.05) is 39.0 Å². The first-order valence-corrected chi connectivity index (χ1v) is 14.0. The molecule has 2 fully saturated rings. The molecule has 1 aliphatic heterocycles. The van der Waals surface area contributed by atoms with Crippen LogP contribution < -0.4 is 0 Å². The summed E-state index contributed by atoms with van der Waals surface area (Å²) in [5.74, 6) is 0.779. The number of aryl methyl sites for hydroxylation is 1. The molecule has 182 valence electrons. The van der Waals surface area contributed by atoms with Crippen molar-refractivity contribution >= 4 is 28.9 Å². The maximum Gasteiger partial charge on any atom is 0.348 e. The molecule has 1 saturated carbocycles. The van der Waals surface area contributed by atoms with Gasteiger partial charge in [0.1, 0.15) is 4.88 Å². The van der Waals surface area contributed by atoms with Gasteiger partial charge in [-0.2, -0.15) is 0 Å². The third kappa shape index (κ3) is 7.72. The maximum absolute atomic E-state index is 11.7. The van der Waals surface area contributed by atoms with E-state index in [0.29, 0.717) is 16.7 Å². The van der Waals surface area contributed by atoms with Gasteiger partial charge in [0.05, 0.1) is 13.2 Å². The molecule has 1 aromatic heterocycles. The molecule has 3 rings (SSSR count). The number of methoxy groups -OCH3 is 1. The molecule has 2 heterocycles. The van der Waals surface area contributed by atoms with Crippen LogP contribution in [0.2, 0.25) is 0 Å². The number of halogens is 1. The highest BCUT2D eigenvalue weighted by Crippen LogP contribution is 2.44. The molecule has 0 amide bonds. The van der Waals surface area contributed by atoms with E-state index in [9.17, 15) is 4.79 Å². The molecule has 0 radical (unpaired) electrons. The second kappa shape index (κ2) is 13.9. The maximum atomic E-state index is 11.7. The average molecular weight is 485 g/mol. The van der Waals surface area contributed by atoms with E-state index in [1.54, 1.807) is 11.3 Å². The molecule has 2 aliphatic rings. The van der Waals surface area contributed by atoms with Gasteiger partial charge < -0.3 is 14.2 Å². The van der Waals surface area contributed by atoms with E-state index in [1.807, 2.05) is 6.07 Å². The van der Waals surface area contributed by atoms with Crippen LogP contribution >= 0.6 is 22.9 Å². The summed E-state index contributed by atoms with van der Waals surface area (Å²) >= 11 is 8.46. The fraction of sp³-hybridized carbons (Fsp3) is 0.808. The lowest BCUT2D eigenvalue weighted by atomic mass is 9.85. The van der Waals surface area contributed by atoms with Crippen LogP contribution in [0.5, 0.6) is 0 Å². The van der Waals surface area contributed by atoms with Gasteiger partial charge in [-0.15, -0.1) is 22.9 Å². The number of carbonyl (C=O) groups is 1. The van der Waals surface area contributed by atoms with Gasteiger partial charge in [0, 0.05) is 16.9 Å². The van der Waals surface area contributed by atoms with Crippen molar-refractivity contribution in [1.29, 1.82) is 0 Å². The third-order valence-corrected chi connectivity index (χ3v) is 8.69. The van der Waals surface area contributed by atoms with Crippen LogP contribution in [0.3, 0.4) is 0 Å². The molecular formula is C26H41ClO4S. The van der Waals surface area contributed by atoms with Crippen molar-refractivity contribution in [3.05, 3.63) is 21.9 Å². The predicted molar refractivity (Wildman–Crippen MR) is 132 cm³/mol. The standard InChI is InChI=1S/C26H41ClO4S/c1-3-4-5-6-7-12-21-20(13-10-11-19-15-16-24(32-19)26(28)29-2)22(27)18-23(21)31-25-14-8-9-17-30-25/h15-16,20-23,25H,3-14,17-18H2,1-2H3. The van der Waals surface area contributed by atoms with Crippen LogP contribution in [-0.4, -0.2) is 37.5 Å². The van der Waals surface area contributed by atoms with Gasteiger partial charge >= 0.3 is 5.97 Å². The average Bonchev–Trinajstić information content (AvgIpc) is 3.39. The zero-order valence-corrected chi connectivity index (χ0v) is 21.4. The lowest BCUT2D eigenvalue weighted by Crippen LogP contribution is -2.31. The Balaban J connectivity index is 1.54. The SMILES string of the molecule is CCCCCCCC1C(OC2CCCCO2)CC(Cl)C1CCCc1ccc(C(=O)OC)s1. The van der Waals surface area contributed by atoms with Gasteiger partial charge in [0.2, 0.25) is 0 Å². The molecule has 6 heteroatoms. The van der Waals surface area contributed by atoms with Crippen molar-refractivity contribution in [3.8, 4) is 0 Å². The highest BCUT2D eigenvalue weighted by Gasteiger charge is 2.43. The van der Waals surface area contributed by atoms with E-state index in [1.165, 1.54) is 56.9 Å². The van der Waals surface area contributed by atoms with Crippen molar-refractivity contribution in [1.82, 2.24) is 0 Å². The minimum absolute atomic E-state index is 0.0400. The minimum Gasteiger partial charge on any atom is -0.465 e. The van der Waals surface area contributed by atoms with Gasteiger partial charge in [-0.3, -0.25) is 0 Å². The van der Waals surface area contributed by atoms with Gasteiger partial charge in [-0.05, 0) is 75.3 Å². The zero-order chi connectivity index (χ0) is 22.8. The number of ether oxygens (including phenoxy) is 3. The summed E-state index contributed by atoms with van der Waals surface area (Å²) in [5.41, 5.74) is 0. The molecule has 32 heavy (non-hydrogen) atoms. The first-order valence-electron chi connectivity index (χ1n) is 12.7. The van der Waals surface area contributed by atoms with Crippen molar-refractivity contribution in [2.24, 2.45) is 11.8 Å². The fourth-order valence-corrected chi connectivity index (χ4v) is 6.75. The zero-order valence-electron chi connectivity index (χ0n) is 19.9. The number of carbonyl (C=O) groups excluding carboxylic acids is 1. The predicted octanol–water partition coefficient (Wildman–Crippen LogP) is 7.37. The Kier molecular flexibility index (Phi) is 11.3. The normalized spacial score (nSPS) is 28.2. The smallest absolute Gasteiger partial charge is 0.348 e. The highest BCUT2D eigenvalue weighted by atomic mass is 35.5. The molecule has 5 atom stereocenters. The van der Waals surface area contributed by atoms with E-state index < -0.39 is 0 Å². The summed E-state index contributed by atoms with van der Waals surface area (Å²) in [4.78, 5) is 13.6. The van der Waals surface area contributed by atoms with Crippen LogP contribution in [0, 0.1) is 11.8 Å². The highest BCUT2D eigenvalue weighted by molar-refractivity contribution is 7.13. The van der Waals surface area contributed by atoms with E-state index in [-0.39, 0.29) is 23.7 Å². The number of hydrogen-bond donors (Lipinski definition) is 0. The van der Waals surface area contributed by atoms with Crippen LogP contribution in [0.15, 0.2) is 12.1 Å². The number of esters is 1. The van der Waals surface area contributed by atoms with Crippen molar-refractivity contribution in [2.75, 3.05) is 13.7 Å². The Morgan fingerprint density at radius 3 is 2.69 bits per heavy atom. The second-order valence-electron chi connectivity index (χ2n) is 9.40. The minimum atomic E-state index is -0.245. The Labute approximate surface area is 203 Å². The Morgan fingerprint density at radius 2 is 1.94 bits per heavy atom. The lowest BCUT2D eigenvalue weighted by molar-refractivity contribution is -0.196.